The van der Waals surface area contributed by atoms with Crippen LogP contribution in [0.2, 0.25) is 0 Å². The molecule has 6 heteroatoms. The lowest BCUT2D eigenvalue weighted by Gasteiger charge is -2.17. The third-order valence-electron chi connectivity index (χ3n) is 3.25. The highest BCUT2D eigenvalue weighted by Crippen LogP contribution is 2.37. The number of hydrogen-bond donors (Lipinski definition) is 0. The van der Waals surface area contributed by atoms with Gasteiger partial charge in [-0.05, 0) is 40.0 Å². The van der Waals surface area contributed by atoms with Gasteiger partial charge in [0.15, 0.2) is 12.3 Å². The number of ether oxygens (including phenoxy) is 1. The summed E-state index contributed by atoms with van der Waals surface area (Å²) in [5, 5.41) is 4.42. The molecule has 0 bridgehead atoms. The maximum atomic E-state index is 11.1. The van der Waals surface area contributed by atoms with Crippen LogP contribution in [0.1, 0.15) is 30.9 Å². The Hall–Kier alpha value is -1.14. The normalized spacial score (nSPS) is 26.6. The Morgan fingerprint density at radius 2 is 2.39 bits per heavy atom. The molecule has 1 saturated heterocycles. The molecule has 0 amide bonds. The van der Waals surface area contributed by atoms with Gasteiger partial charge >= 0.3 is 0 Å². The van der Waals surface area contributed by atoms with Crippen molar-refractivity contribution in [1.29, 1.82) is 0 Å². The minimum atomic E-state index is -0.440. The molecule has 3 heterocycles. The van der Waals surface area contributed by atoms with E-state index in [9.17, 15) is 4.79 Å². The Morgan fingerprint density at radius 1 is 1.50 bits per heavy atom. The number of nitrogens with zero attached hydrogens (tertiary/aromatic N) is 3. The Morgan fingerprint density at radius 3 is 3.11 bits per heavy atom. The predicted molar refractivity (Wildman–Crippen MR) is 66.7 cm³/mol. The summed E-state index contributed by atoms with van der Waals surface area (Å²) in [6.45, 7) is 0.752. The van der Waals surface area contributed by atoms with E-state index < -0.39 is 6.04 Å². The molecule has 1 aromatic heterocycles. The smallest absolute Gasteiger partial charge is 0.288 e. The van der Waals surface area contributed by atoms with Crippen molar-refractivity contribution in [1.82, 2.24) is 4.98 Å². The summed E-state index contributed by atoms with van der Waals surface area (Å²) < 4.78 is 8.25. The van der Waals surface area contributed by atoms with Crippen LogP contribution in [0.5, 0.6) is 0 Å². The third kappa shape index (κ3) is 1.99. The molecular formula is C12H13BrN3O2+. The molecule has 1 aromatic rings. The van der Waals surface area contributed by atoms with Crippen LogP contribution in [0, 0.1) is 0 Å². The second-order valence-electron chi connectivity index (χ2n) is 4.43. The number of rotatable bonds is 2. The van der Waals surface area contributed by atoms with Crippen molar-refractivity contribution in [3.63, 3.8) is 0 Å². The number of aromatic nitrogens is 1. The molecule has 94 valence electrons. The van der Waals surface area contributed by atoms with Crippen molar-refractivity contribution >= 4 is 27.9 Å². The van der Waals surface area contributed by atoms with Crippen molar-refractivity contribution in [3.8, 4) is 0 Å². The van der Waals surface area contributed by atoms with Crippen LogP contribution in [0.3, 0.4) is 0 Å². The predicted octanol–water partition coefficient (Wildman–Crippen LogP) is 2.72. The van der Waals surface area contributed by atoms with Crippen LogP contribution >= 0.6 is 15.9 Å². The van der Waals surface area contributed by atoms with Gasteiger partial charge in [0.05, 0.1) is 12.2 Å². The van der Waals surface area contributed by atoms with Crippen LogP contribution in [0.15, 0.2) is 22.0 Å². The van der Waals surface area contributed by atoms with Crippen LogP contribution in [-0.4, -0.2) is 28.8 Å². The lowest BCUT2D eigenvalue weighted by molar-refractivity contribution is -0.602. The van der Waals surface area contributed by atoms with E-state index in [0.29, 0.717) is 0 Å². The van der Waals surface area contributed by atoms with Gasteiger partial charge in [-0.15, -0.1) is 0 Å². The van der Waals surface area contributed by atoms with Gasteiger partial charge in [0.2, 0.25) is 0 Å². The molecule has 0 N–H and O–H groups in total. The van der Waals surface area contributed by atoms with Gasteiger partial charge in [-0.3, -0.25) is 0 Å². The van der Waals surface area contributed by atoms with E-state index in [0.717, 1.165) is 48.0 Å². The summed E-state index contributed by atoms with van der Waals surface area (Å²) >= 11 is 3.32. The zero-order valence-corrected chi connectivity index (χ0v) is 11.3. The van der Waals surface area contributed by atoms with Crippen molar-refractivity contribution in [2.45, 2.75) is 31.5 Å². The van der Waals surface area contributed by atoms with E-state index in [4.69, 9.17) is 4.74 Å². The van der Waals surface area contributed by atoms with Crippen molar-refractivity contribution in [2.75, 3.05) is 6.61 Å². The minimum absolute atomic E-state index is 0.0644. The molecular weight excluding hydrogens is 298 g/mol. The van der Waals surface area contributed by atoms with Crippen LogP contribution in [0.25, 0.3) is 0 Å². The number of hydrogen-bond acceptors (Lipinski definition) is 4. The summed E-state index contributed by atoms with van der Waals surface area (Å²) in [6, 6.07) is 1.41. The number of fused-ring (bicyclic) bond motifs is 1. The Labute approximate surface area is 113 Å². The average molecular weight is 311 g/mol. The molecule has 0 aliphatic carbocycles. The van der Waals surface area contributed by atoms with E-state index in [1.807, 2.05) is 10.8 Å². The highest BCUT2D eigenvalue weighted by atomic mass is 79.9. The van der Waals surface area contributed by atoms with E-state index in [-0.39, 0.29) is 6.23 Å². The summed E-state index contributed by atoms with van der Waals surface area (Å²) in [5.41, 5.74) is 1.77. The zero-order valence-electron chi connectivity index (χ0n) is 9.75. The van der Waals surface area contributed by atoms with Gasteiger partial charge in [0.1, 0.15) is 10.8 Å². The fourth-order valence-corrected chi connectivity index (χ4v) is 2.72. The molecule has 2 unspecified atom stereocenters. The largest absolute Gasteiger partial charge is 0.319 e. The molecule has 2 atom stereocenters. The van der Waals surface area contributed by atoms with Gasteiger partial charge in [-0.1, -0.05) is 4.70 Å². The van der Waals surface area contributed by atoms with Crippen molar-refractivity contribution in [2.24, 2.45) is 5.11 Å². The van der Waals surface area contributed by atoms with Gasteiger partial charge < -0.3 is 9.53 Å². The maximum absolute atomic E-state index is 11.1. The maximum Gasteiger partial charge on any atom is 0.288 e. The lowest BCUT2D eigenvalue weighted by Crippen LogP contribution is -2.27. The first kappa shape index (κ1) is 11.9. The quantitative estimate of drug-likeness (QED) is 0.479. The molecule has 3 rings (SSSR count). The molecule has 0 aromatic carbocycles. The number of pyridine rings is 1. The molecule has 0 saturated carbocycles. The standard InChI is InChI=1S/C12H13BrN3O2/c13-11-5-8-9(7-17)15-16(10(8)6-14-11)12-3-1-2-4-18-12/h5-7,9,12H,1-4H2/q+1. The summed E-state index contributed by atoms with van der Waals surface area (Å²) in [5.74, 6) is 0. The first-order chi connectivity index (χ1) is 8.79. The van der Waals surface area contributed by atoms with Gasteiger partial charge in [-0.25, -0.2) is 4.98 Å². The first-order valence-corrected chi connectivity index (χ1v) is 6.81. The second kappa shape index (κ2) is 4.85. The molecule has 2 aliphatic heterocycles. The molecule has 0 spiro atoms. The highest BCUT2D eigenvalue weighted by molar-refractivity contribution is 9.10. The molecule has 1 fully saturated rings. The topological polar surface area (TPSA) is 54.6 Å². The van der Waals surface area contributed by atoms with Crippen LogP contribution < -0.4 is 0 Å². The number of carbonyl (C=O) groups excluding carboxylic acids is 1. The minimum Gasteiger partial charge on any atom is -0.319 e. The monoisotopic (exact) mass is 310 g/mol. The Kier molecular flexibility index (Phi) is 3.22. The van der Waals surface area contributed by atoms with Gasteiger partial charge in [0, 0.05) is 6.42 Å². The second-order valence-corrected chi connectivity index (χ2v) is 5.24. The van der Waals surface area contributed by atoms with Crippen LogP contribution in [0.4, 0.5) is 5.69 Å². The zero-order chi connectivity index (χ0) is 12.5. The average Bonchev–Trinajstić information content (AvgIpc) is 2.77. The first-order valence-electron chi connectivity index (χ1n) is 6.02. The molecule has 18 heavy (non-hydrogen) atoms. The number of aldehydes is 1. The summed E-state index contributed by atoms with van der Waals surface area (Å²) in [4.78, 5) is 15.3. The number of azo groups is 2. The molecule has 2 aliphatic rings. The SMILES string of the molecule is O=CC1N=[N+](C2CCCCO2)c2cnc(Br)cc21. The summed E-state index contributed by atoms with van der Waals surface area (Å²) in [7, 11) is 0. The van der Waals surface area contributed by atoms with Gasteiger partial charge in [-0.2, -0.15) is 0 Å². The lowest BCUT2D eigenvalue weighted by atomic mass is 10.1. The van der Waals surface area contributed by atoms with E-state index in [1.165, 1.54) is 0 Å². The number of halogens is 1. The summed E-state index contributed by atoms with van der Waals surface area (Å²) in [6.07, 6.45) is 5.68. The molecule has 0 radical (unpaired) electrons. The third-order valence-corrected chi connectivity index (χ3v) is 3.69. The van der Waals surface area contributed by atoms with Crippen molar-refractivity contribution < 1.29 is 14.2 Å². The van der Waals surface area contributed by atoms with E-state index in [1.54, 1.807) is 6.20 Å². The fraction of sp³-hybridized carbons (Fsp3) is 0.500. The molecule has 5 nitrogen and oxygen atoms in total. The van der Waals surface area contributed by atoms with E-state index in [2.05, 4.69) is 26.0 Å². The number of carbonyl (C=O) groups is 1. The van der Waals surface area contributed by atoms with Crippen LogP contribution in [-0.2, 0) is 9.53 Å². The fourth-order valence-electron chi connectivity index (χ4n) is 2.37. The van der Waals surface area contributed by atoms with E-state index >= 15 is 0 Å². The Balaban J connectivity index is 1.99. The Bertz CT molecular complexity index is 512. The highest BCUT2D eigenvalue weighted by Gasteiger charge is 2.39. The van der Waals surface area contributed by atoms with Crippen molar-refractivity contribution in [3.05, 3.63) is 22.4 Å². The van der Waals surface area contributed by atoms with Gasteiger partial charge in [0.25, 0.3) is 11.9 Å².